The Balaban J connectivity index is 3.18. The van der Waals surface area contributed by atoms with Crippen LogP contribution in [0.1, 0.15) is 26.7 Å². The van der Waals surface area contributed by atoms with E-state index >= 15 is 0 Å². The van der Waals surface area contributed by atoms with Crippen LogP contribution in [0.4, 0.5) is 0 Å². The van der Waals surface area contributed by atoms with Gasteiger partial charge in [-0.3, -0.25) is 0 Å². The monoisotopic (exact) mass is 140 g/mol. The van der Waals surface area contributed by atoms with Crippen LogP contribution in [0.15, 0.2) is 24.3 Å². The minimum atomic E-state index is -0.300. The quantitative estimate of drug-likeness (QED) is 0.469. The summed E-state index contributed by atoms with van der Waals surface area (Å²) in [5, 5.41) is 8.80. The van der Waals surface area contributed by atoms with Crippen LogP contribution in [0.25, 0.3) is 0 Å². The molecule has 10 heavy (non-hydrogen) atoms. The van der Waals surface area contributed by atoms with Crippen molar-refractivity contribution < 1.29 is 5.11 Å². The van der Waals surface area contributed by atoms with Crippen LogP contribution in [0.5, 0.6) is 0 Å². The van der Waals surface area contributed by atoms with Crippen molar-refractivity contribution in [1.82, 2.24) is 0 Å². The fourth-order valence-corrected chi connectivity index (χ4v) is 0.652. The molecule has 0 heterocycles. The molecule has 0 spiro atoms. The molecule has 0 rings (SSSR count). The van der Waals surface area contributed by atoms with Crippen molar-refractivity contribution >= 4 is 0 Å². The number of hydrogen-bond acceptors (Lipinski definition) is 1. The largest absolute Gasteiger partial charge is 0.389 e. The van der Waals surface area contributed by atoms with Crippen LogP contribution in [0.2, 0.25) is 0 Å². The third-order valence-electron chi connectivity index (χ3n) is 1.15. The van der Waals surface area contributed by atoms with Crippen molar-refractivity contribution in [3.05, 3.63) is 24.3 Å². The molecule has 0 bridgehead atoms. The van der Waals surface area contributed by atoms with Gasteiger partial charge in [-0.2, -0.15) is 0 Å². The van der Waals surface area contributed by atoms with E-state index in [-0.39, 0.29) is 6.10 Å². The van der Waals surface area contributed by atoms with Gasteiger partial charge in [-0.05, 0) is 26.7 Å². The number of rotatable bonds is 4. The van der Waals surface area contributed by atoms with Crippen LogP contribution >= 0.6 is 0 Å². The first kappa shape index (κ1) is 9.44. The lowest BCUT2D eigenvalue weighted by atomic mass is 10.2. The van der Waals surface area contributed by atoms with Gasteiger partial charge in [0.1, 0.15) is 0 Å². The zero-order valence-corrected chi connectivity index (χ0v) is 6.75. The van der Waals surface area contributed by atoms with E-state index in [1.165, 1.54) is 0 Å². The molecule has 1 atom stereocenters. The van der Waals surface area contributed by atoms with Crippen LogP contribution in [0, 0.1) is 0 Å². The van der Waals surface area contributed by atoms with E-state index < -0.39 is 0 Å². The maximum atomic E-state index is 8.80. The standard InChI is InChI=1S/C9H16O/c1-3-4-5-6-7-8-9(2)10/h3-4,7-10H,5-6H2,1-2H3/b4-3+,8-7+. The van der Waals surface area contributed by atoms with E-state index in [0.29, 0.717) is 0 Å². The molecule has 0 radical (unpaired) electrons. The summed E-state index contributed by atoms with van der Waals surface area (Å²) in [7, 11) is 0. The SMILES string of the molecule is C/C=C/CC/C=C/C(C)O. The Morgan fingerprint density at radius 1 is 1.30 bits per heavy atom. The molecular formula is C9H16O. The average Bonchev–Trinajstić information content (AvgIpc) is 1.87. The maximum Gasteiger partial charge on any atom is 0.0692 e. The van der Waals surface area contributed by atoms with Crippen molar-refractivity contribution in [1.29, 1.82) is 0 Å². The number of unbranched alkanes of at least 4 members (excludes halogenated alkanes) is 1. The second-order valence-electron chi connectivity index (χ2n) is 2.32. The lowest BCUT2D eigenvalue weighted by molar-refractivity contribution is 0.244. The van der Waals surface area contributed by atoms with Gasteiger partial charge >= 0.3 is 0 Å². The van der Waals surface area contributed by atoms with Gasteiger partial charge in [-0.25, -0.2) is 0 Å². The summed E-state index contributed by atoms with van der Waals surface area (Å²) in [6.07, 6.45) is 9.76. The van der Waals surface area contributed by atoms with Gasteiger partial charge in [0.15, 0.2) is 0 Å². The van der Waals surface area contributed by atoms with Crippen molar-refractivity contribution in [3.8, 4) is 0 Å². The van der Waals surface area contributed by atoms with Crippen LogP contribution in [-0.4, -0.2) is 11.2 Å². The molecular weight excluding hydrogens is 124 g/mol. The Morgan fingerprint density at radius 2 is 1.90 bits per heavy atom. The summed E-state index contributed by atoms with van der Waals surface area (Å²) in [6.45, 7) is 3.77. The molecule has 58 valence electrons. The normalized spacial score (nSPS) is 15.1. The van der Waals surface area contributed by atoms with E-state index in [1.54, 1.807) is 6.92 Å². The van der Waals surface area contributed by atoms with E-state index in [1.807, 2.05) is 25.2 Å². The summed E-state index contributed by atoms with van der Waals surface area (Å²) in [5.41, 5.74) is 0. The van der Waals surface area contributed by atoms with Crippen molar-refractivity contribution in [2.24, 2.45) is 0 Å². The lowest BCUT2D eigenvalue weighted by Gasteiger charge is -1.91. The molecule has 0 saturated carbocycles. The Bertz CT molecular complexity index is 112. The zero-order valence-electron chi connectivity index (χ0n) is 6.75. The average molecular weight is 140 g/mol. The third kappa shape index (κ3) is 7.44. The van der Waals surface area contributed by atoms with Crippen LogP contribution < -0.4 is 0 Å². The molecule has 0 aliphatic heterocycles. The smallest absolute Gasteiger partial charge is 0.0692 e. The number of allylic oxidation sites excluding steroid dienone is 3. The molecule has 0 aliphatic rings. The molecule has 0 aromatic rings. The maximum absolute atomic E-state index is 8.80. The minimum absolute atomic E-state index is 0.300. The summed E-state index contributed by atoms with van der Waals surface area (Å²) >= 11 is 0. The first-order chi connectivity index (χ1) is 4.77. The van der Waals surface area contributed by atoms with Gasteiger partial charge < -0.3 is 5.11 Å². The topological polar surface area (TPSA) is 20.2 Å². The Morgan fingerprint density at radius 3 is 2.40 bits per heavy atom. The predicted octanol–water partition coefficient (Wildman–Crippen LogP) is 2.28. The first-order valence-electron chi connectivity index (χ1n) is 3.73. The van der Waals surface area contributed by atoms with E-state index in [2.05, 4.69) is 6.08 Å². The Labute approximate surface area is 63.1 Å². The molecule has 0 saturated heterocycles. The van der Waals surface area contributed by atoms with Gasteiger partial charge in [-0.15, -0.1) is 0 Å². The highest BCUT2D eigenvalue weighted by atomic mass is 16.3. The molecule has 0 aliphatic carbocycles. The summed E-state index contributed by atoms with van der Waals surface area (Å²) in [4.78, 5) is 0. The highest BCUT2D eigenvalue weighted by Gasteiger charge is 1.82. The predicted molar refractivity (Wildman–Crippen MR) is 44.9 cm³/mol. The van der Waals surface area contributed by atoms with E-state index in [9.17, 15) is 0 Å². The van der Waals surface area contributed by atoms with Gasteiger partial charge in [0.2, 0.25) is 0 Å². The highest BCUT2D eigenvalue weighted by Crippen LogP contribution is 1.93. The van der Waals surface area contributed by atoms with Crippen molar-refractivity contribution in [2.75, 3.05) is 0 Å². The molecule has 1 N–H and O–H groups in total. The van der Waals surface area contributed by atoms with Gasteiger partial charge in [0, 0.05) is 0 Å². The van der Waals surface area contributed by atoms with Gasteiger partial charge in [0.25, 0.3) is 0 Å². The van der Waals surface area contributed by atoms with E-state index in [0.717, 1.165) is 12.8 Å². The fourth-order valence-electron chi connectivity index (χ4n) is 0.652. The zero-order chi connectivity index (χ0) is 7.82. The summed E-state index contributed by atoms with van der Waals surface area (Å²) < 4.78 is 0. The fraction of sp³-hybridized carbons (Fsp3) is 0.556. The summed E-state index contributed by atoms with van der Waals surface area (Å²) in [6, 6.07) is 0. The van der Waals surface area contributed by atoms with Crippen LogP contribution in [-0.2, 0) is 0 Å². The Hall–Kier alpha value is -0.560. The second kappa shape index (κ2) is 6.56. The lowest BCUT2D eigenvalue weighted by Crippen LogP contribution is -1.90. The third-order valence-corrected chi connectivity index (χ3v) is 1.15. The van der Waals surface area contributed by atoms with Gasteiger partial charge in [0.05, 0.1) is 6.10 Å². The molecule has 0 aromatic heterocycles. The second-order valence-corrected chi connectivity index (χ2v) is 2.32. The van der Waals surface area contributed by atoms with Crippen molar-refractivity contribution in [3.63, 3.8) is 0 Å². The number of aliphatic hydroxyl groups excluding tert-OH is 1. The molecule has 0 aromatic carbocycles. The minimum Gasteiger partial charge on any atom is -0.389 e. The molecule has 1 nitrogen and oxygen atoms in total. The van der Waals surface area contributed by atoms with Gasteiger partial charge in [-0.1, -0.05) is 24.3 Å². The Kier molecular flexibility index (Phi) is 6.19. The van der Waals surface area contributed by atoms with E-state index in [4.69, 9.17) is 5.11 Å². The first-order valence-corrected chi connectivity index (χ1v) is 3.73. The molecule has 0 fully saturated rings. The highest BCUT2D eigenvalue weighted by molar-refractivity contribution is 4.89. The molecule has 1 heteroatoms. The molecule has 0 amide bonds. The van der Waals surface area contributed by atoms with Crippen LogP contribution in [0.3, 0.4) is 0 Å². The summed E-state index contributed by atoms with van der Waals surface area (Å²) in [5.74, 6) is 0. The molecule has 1 unspecified atom stereocenters. The van der Waals surface area contributed by atoms with Crippen molar-refractivity contribution in [2.45, 2.75) is 32.8 Å². The number of hydrogen-bond donors (Lipinski definition) is 1. The number of aliphatic hydroxyl groups is 1.